The lowest BCUT2D eigenvalue weighted by Gasteiger charge is -2.14. The van der Waals surface area contributed by atoms with E-state index in [4.69, 9.17) is 0 Å². The van der Waals surface area contributed by atoms with E-state index < -0.39 is 0 Å². The molecule has 0 aliphatic carbocycles. The third-order valence-electron chi connectivity index (χ3n) is 4.61. The van der Waals surface area contributed by atoms with E-state index in [2.05, 4.69) is 10.3 Å². The second kappa shape index (κ2) is 8.95. The number of benzene rings is 2. The highest BCUT2D eigenvalue weighted by atomic mass is 16.2. The Labute approximate surface area is 165 Å². The molecule has 3 aromatic rings. The zero-order chi connectivity index (χ0) is 19.9. The smallest absolute Gasteiger partial charge is 0.253 e. The molecule has 0 saturated heterocycles. The predicted molar refractivity (Wildman–Crippen MR) is 110 cm³/mol. The van der Waals surface area contributed by atoms with Crippen LogP contribution >= 0.6 is 0 Å². The summed E-state index contributed by atoms with van der Waals surface area (Å²) >= 11 is 0. The fraction of sp³-hybridized carbons (Fsp3) is 0.174. The van der Waals surface area contributed by atoms with Gasteiger partial charge in [-0.15, -0.1) is 0 Å². The van der Waals surface area contributed by atoms with Crippen LogP contribution in [0.15, 0.2) is 73.1 Å². The van der Waals surface area contributed by atoms with Gasteiger partial charge in [-0.25, -0.2) is 0 Å². The Balaban J connectivity index is 1.65. The van der Waals surface area contributed by atoms with Crippen molar-refractivity contribution in [2.24, 2.45) is 0 Å². The maximum absolute atomic E-state index is 12.3. The van der Waals surface area contributed by atoms with Crippen LogP contribution in [0.3, 0.4) is 0 Å². The number of carbonyl (C=O) groups is 2. The molecule has 0 unspecified atom stereocenters. The van der Waals surface area contributed by atoms with Crippen molar-refractivity contribution in [1.29, 1.82) is 0 Å². The summed E-state index contributed by atoms with van der Waals surface area (Å²) in [5.41, 5.74) is 4.21. The van der Waals surface area contributed by atoms with Crippen LogP contribution in [0.5, 0.6) is 0 Å². The first-order chi connectivity index (χ1) is 13.6. The molecule has 0 radical (unpaired) electrons. The monoisotopic (exact) mass is 373 g/mol. The van der Waals surface area contributed by atoms with Gasteiger partial charge in [-0.1, -0.05) is 30.3 Å². The highest BCUT2D eigenvalue weighted by molar-refractivity contribution is 5.95. The normalized spacial score (nSPS) is 10.4. The number of hydrogen-bond acceptors (Lipinski definition) is 3. The van der Waals surface area contributed by atoms with Crippen molar-refractivity contribution in [2.45, 2.75) is 13.5 Å². The van der Waals surface area contributed by atoms with Crippen molar-refractivity contribution >= 4 is 11.8 Å². The molecule has 0 fully saturated rings. The molecule has 2 aromatic carbocycles. The number of carbonyl (C=O) groups excluding carboxylic acids is 2. The second-order valence-electron chi connectivity index (χ2n) is 6.52. The predicted octanol–water partition coefficient (Wildman–Crippen LogP) is 3.77. The van der Waals surface area contributed by atoms with Gasteiger partial charge < -0.3 is 10.2 Å². The highest BCUT2D eigenvalue weighted by Crippen LogP contribution is 2.21. The Morgan fingerprint density at radius 1 is 0.929 bits per heavy atom. The van der Waals surface area contributed by atoms with Gasteiger partial charge >= 0.3 is 0 Å². The molecule has 0 spiro atoms. The van der Waals surface area contributed by atoms with E-state index in [-0.39, 0.29) is 11.8 Å². The van der Waals surface area contributed by atoms with E-state index in [1.165, 1.54) is 0 Å². The van der Waals surface area contributed by atoms with E-state index in [1.807, 2.05) is 55.5 Å². The standard InChI is InChI=1S/C23H23N3O2/c1-3-26(2)23(28)21-12-8-19(9-13-21)18-6-10-20(11-7-18)22(27)25-16-17-5-4-14-24-15-17/h4-15H,3,16H2,1-2H3,(H,25,27). The number of aromatic nitrogens is 1. The van der Waals surface area contributed by atoms with Gasteiger partial charge in [0.05, 0.1) is 0 Å². The Hall–Kier alpha value is -3.47. The summed E-state index contributed by atoms with van der Waals surface area (Å²) in [5, 5.41) is 2.89. The van der Waals surface area contributed by atoms with Crippen LogP contribution in [0.2, 0.25) is 0 Å². The van der Waals surface area contributed by atoms with Crippen LogP contribution in [0.25, 0.3) is 11.1 Å². The molecule has 28 heavy (non-hydrogen) atoms. The molecule has 1 aromatic heterocycles. The minimum atomic E-state index is -0.126. The van der Waals surface area contributed by atoms with E-state index >= 15 is 0 Å². The summed E-state index contributed by atoms with van der Waals surface area (Å²) in [7, 11) is 1.79. The van der Waals surface area contributed by atoms with Gasteiger partial charge in [0, 0.05) is 43.7 Å². The Kier molecular flexibility index (Phi) is 6.17. The van der Waals surface area contributed by atoms with Gasteiger partial charge in [-0.3, -0.25) is 14.6 Å². The number of amides is 2. The van der Waals surface area contributed by atoms with Gasteiger partial charge in [0.2, 0.25) is 0 Å². The van der Waals surface area contributed by atoms with Crippen molar-refractivity contribution in [2.75, 3.05) is 13.6 Å². The first kappa shape index (κ1) is 19.3. The molecule has 3 rings (SSSR count). The first-order valence-electron chi connectivity index (χ1n) is 9.21. The molecule has 0 atom stereocenters. The van der Waals surface area contributed by atoms with Crippen molar-refractivity contribution in [3.05, 3.63) is 89.7 Å². The van der Waals surface area contributed by atoms with Crippen LogP contribution in [0.1, 0.15) is 33.2 Å². The van der Waals surface area contributed by atoms with Gasteiger partial charge in [-0.05, 0) is 53.9 Å². The molecule has 2 amide bonds. The number of pyridine rings is 1. The zero-order valence-corrected chi connectivity index (χ0v) is 16.1. The molecule has 142 valence electrons. The van der Waals surface area contributed by atoms with Crippen molar-refractivity contribution < 1.29 is 9.59 Å². The van der Waals surface area contributed by atoms with Crippen molar-refractivity contribution in [3.63, 3.8) is 0 Å². The first-order valence-corrected chi connectivity index (χ1v) is 9.21. The van der Waals surface area contributed by atoms with Gasteiger partial charge in [0.25, 0.3) is 11.8 Å². The summed E-state index contributed by atoms with van der Waals surface area (Å²) in [6.07, 6.45) is 3.44. The van der Waals surface area contributed by atoms with Gasteiger partial charge in [0.1, 0.15) is 0 Å². The second-order valence-corrected chi connectivity index (χ2v) is 6.52. The van der Waals surface area contributed by atoms with Crippen LogP contribution in [0.4, 0.5) is 0 Å². The van der Waals surface area contributed by atoms with Crippen molar-refractivity contribution in [3.8, 4) is 11.1 Å². The van der Waals surface area contributed by atoms with Crippen molar-refractivity contribution in [1.82, 2.24) is 15.2 Å². The van der Waals surface area contributed by atoms with E-state index in [0.29, 0.717) is 24.2 Å². The maximum atomic E-state index is 12.3. The van der Waals surface area contributed by atoms with Crippen LogP contribution in [-0.4, -0.2) is 35.3 Å². The van der Waals surface area contributed by atoms with Crippen LogP contribution in [0, 0.1) is 0 Å². The maximum Gasteiger partial charge on any atom is 0.253 e. The molecule has 0 aliphatic rings. The Bertz CT molecular complexity index is 936. The summed E-state index contributed by atoms with van der Waals surface area (Å²) in [6, 6.07) is 18.7. The van der Waals surface area contributed by atoms with Gasteiger partial charge in [0.15, 0.2) is 0 Å². The molecular formula is C23H23N3O2. The molecular weight excluding hydrogens is 350 g/mol. The minimum absolute atomic E-state index is 0.00897. The Morgan fingerprint density at radius 2 is 1.54 bits per heavy atom. The summed E-state index contributed by atoms with van der Waals surface area (Å²) in [5.74, 6) is -0.117. The number of nitrogens with zero attached hydrogens (tertiary/aromatic N) is 2. The molecule has 1 heterocycles. The largest absolute Gasteiger partial charge is 0.348 e. The topological polar surface area (TPSA) is 62.3 Å². The fourth-order valence-corrected chi connectivity index (χ4v) is 2.77. The molecule has 5 heteroatoms. The average Bonchev–Trinajstić information content (AvgIpc) is 2.77. The van der Waals surface area contributed by atoms with E-state index in [9.17, 15) is 9.59 Å². The number of nitrogens with one attached hydrogen (secondary N) is 1. The summed E-state index contributed by atoms with van der Waals surface area (Å²) in [4.78, 5) is 30.2. The summed E-state index contributed by atoms with van der Waals surface area (Å²) < 4.78 is 0. The molecule has 0 saturated carbocycles. The minimum Gasteiger partial charge on any atom is -0.348 e. The zero-order valence-electron chi connectivity index (χ0n) is 16.1. The lowest BCUT2D eigenvalue weighted by atomic mass is 10.0. The third kappa shape index (κ3) is 4.62. The van der Waals surface area contributed by atoms with Crippen LogP contribution < -0.4 is 5.32 Å². The average molecular weight is 373 g/mol. The molecule has 0 aliphatic heterocycles. The summed E-state index contributed by atoms with van der Waals surface area (Å²) in [6.45, 7) is 3.06. The molecule has 0 bridgehead atoms. The Morgan fingerprint density at radius 3 is 2.07 bits per heavy atom. The number of hydrogen-bond donors (Lipinski definition) is 1. The quantitative estimate of drug-likeness (QED) is 0.715. The third-order valence-corrected chi connectivity index (χ3v) is 4.61. The van der Waals surface area contributed by atoms with Crippen LogP contribution in [-0.2, 0) is 6.54 Å². The van der Waals surface area contributed by atoms with E-state index in [1.54, 1.807) is 36.5 Å². The lowest BCUT2D eigenvalue weighted by Crippen LogP contribution is -2.26. The van der Waals surface area contributed by atoms with E-state index in [0.717, 1.165) is 16.7 Å². The highest BCUT2D eigenvalue weighted by Gasteiger charge is 2.10. The molecule has 5 nitrogen and oxygen atoms in total. The van der Waals surface area contributed by atoms with Gasteiger partial charge in [-0.2, -0.15) is 0 Å². The molecule has 1 N–H and O–H groups in total. The fourth-order valence-electron chi connectivity index (χ4n) is 2.77. The SMILES string of the molecule is CCN(C)C(=O)c1ccc(-c2ccc(C(=O)NCc3cccnc3)cc2)cc1. The lowest BCUT2D eigenvalue weighted by molar-refractivity contribution is 0.0802. The number of rotatable bonds is 6.